The lowest BCUT2D eigenvalue weighted by atomic mass is 10.0. The van der Waals surface area contributed by atoms with Gasteiger partial charge >= 0.3 is 0 Å². The van der Waals surface area contributed by atoms with Crippen LogP contribution in [0.15, 0.2) is 42.6 Å². The maximum atomic E-state index is 13.2. The van der Waals surface area contributed by atoms with Crippen LogP contribution in [0.25, 0.3) is 16.9 Å². The number of nitrogens with zero attached hydrogens (tertiary/aromatic N) is 4. The lowest BCUT2D eigenvalue weighted by Gasteiger charge is -2.27. The smallest absolute Gasteiger partial charge is 0.271 e. The highest BCUT2D eigenvalue weighted by molar-refractivity contribution is 5.93. The molecule has 0 bridgehead atoms. The lowest BCUT2D eigenvalue weighted by Crippen LogP contribution is -2.43. The summed E-state index contributed by atoms with van der Waals surface area (Å²) in [5.41, 5.74) is 2.41. The number of halogens is 1. The van der Waals surface area contributed by atoms with E-state index in [-0.39, 0.29) is 17.8 Å². The van der Waals surface area contributed by atoms with Crippen LogP contribution in [0.3, 0.4) is 0 Å². The molecule has 0 spiro atoms. The maximum Gasteiger partial charge on any atom is 0.271 e. The highest BCUT2D eigenvalue weighted by atomic mass is 19.1. The molecule has 0 aliphatic rings. The summed E-state index contributed by atoms with van der Waals surface area (Å²) in [6.07, 6.45) is 1.65. The van der Waals surface area contributed by atoms with E-state index in [0.717, 1.165) is 11.3 Å². The molecule has 2 heterocycles. The van der Waals surface area contributed by atoms with Gasteiger partial charge in [0, 0.05) is 30.4 Å². The largest absolute Gasteiger partial charge is 0.349 e. The van der Waals surface area contributed by atoms with Crippen molar-refractivity contribution in [2.24, 2.45) is 5.92 Å². The Labute approximate surface area is 158 Å². The van der Waals surface area contributed by atoms with Crippen molar-refractivity contribution < 1.29 is 9.18 Å². The Balaban J connectivity index is 1.85. The van der Waals surface area contributed by atoms with Crippen LogP contribution in [0.1, 0.15) is 24.3 Å². The van der Waals surface area contributed by atoms with Crippen LogP contribution in [0.4, 0.5) is 4.39 Å². The number of carbonyl (C=O) groups is 1. The molecule has 0 saturated heterocycles. The van der Waals surface area contributed by atoms with Crippen molar-refractivity contribution in [1.82, 2.24) is 24.8 Å². The fourth-order valence-corrected chi connectivity index (χ4v) is 3.15. The van der Waals surface area contributed by atoms with E-state index in [1.807, 2.05) is 14.1 Å². The molecule has 3 rings (SSSR count). The number of nitrogens with one attached hydrogen (secondary N) is 1. The molecule has 142 valence electrons. The van der Waals surface area contributed by atoms with Crippen molar-refractivity contribution in [2.75, 3.05) is 20.6 Å². The molecule has 7 heteroatoms. The van der Waals surface area contributed by atoms with Crippen LogP contribution in [-0.4, -0.2) is 52.1 Å². The zero-order valence-electron chi connectivity index (χ0n) is 16.0. The summed E-state index contributed by atoms with van der Waals surface area (Å²) in [5.74, 6) is -0.128. The van der Waals surface area contributed by atoms with Crippen molar-refractivity contribution in [1.29, 1.82) is 0 Å². The van der Waals surface area contributed by atoms with E-state index in [1.165, 1.54) is 12.1 Å². The van der Waals surface area contributed by atoms with Crippen molar-refractivity contribution in [3.63, 3.8) is 0 Å². The Morgan fingerprint density at radius 2 is 1.93 bits per heavy atom. The molecule has 1 N–H and O–H groups in total. The summed E-state index contributed by atoms with van der Waals surface area (Å²) >= 11 is 0. The standard InChI is InChI=1S/C20H24FN5O/c1-13(2)18(25(3)4)12-23-20(27)16-11-19-22-10-9-17(26(19)24-16)14-5-7-15(21)8-6-14/h5-11,13,18H,12H2,1-4H3,(H,23,27)/t18-/m1/s1. The van der Waals surface area contributed by atoms with Gasteiger partial charge in [-0.2, -0.15) is 5.10 Å². The third-order valence-electron chi connectivity index (χ3n) is 4.64. The molecule has 1 aromatic carbocycles. The van der Waals surface area contributed by atoms with Crippen LogP contribution in [0, 0.1) is 11.7 Å². The molecular weight excluding hydrogens is 345 g/mol. The average Bonchev–Trinajstić information content (AvgIpc) is 3.06. The van der Waals surface area contributed by atoms with Crippen molar-refractivity contribution >= 4 is 11.6 Å². The molecule has 1 amide bonds. The molecule has 2 aromatic heterocycles. The summed E-state index contributed by atoms with van der Waals surface area (Å²) in [7, 11) is 4.00. The minimum absolute atomic E-state index is 0.235. The summed E-state index contributed by atoms with van der Waals surface area (Å²) < 4.78 is 14.8. The number of hydrogen-bond donors (Lipinski definition) is 1. The number of likely N-dealkylation sites (N-methyl/N-ethyl adjacent to an activating group) is 1. The third-order valence-corrected chi connectivity index (χ3v) is 4.64. The zero-order valence-corrected chi connectivity index (χ0v) is 16.0. The number of benzene rings is 1. The molecule has 0 saturated carbocycles. The molecule has 0 aliphatic carbocycles. The molecule has 0 unspecified atom stereocenters. The summed E-state index contributed by atoms with van der Waals surface area (Å²) in [6.45, 7) is 4.79. The van der Waals surface area contributed by atoms with E-state index in [2.05, 4.69) is 34.1 Å². The highest BCUT2D eigenvalue weighted by Crippen LogP contribution is 2.20. The Bertz CT molecular complexity index is 925. The van der Waals surface area contributed by atoms with E-state index in [4.69, 9.17) is 0 Å². The SMILES string of the molecule is CC(C)[C@@H](CNC(=O)c1cc2nccc(-c3ccc(F)cc3)n2n1)N(C)C. The van der Waals surface area contributed by atoms with E-state index in [1.54, 1.807) is 35.0 Å². The second kappa shape index (κ2) is 7.84. The zero-order chi connectivity index (χ0) is 19.6. The van der Waals surface area contributed by atoms with Gasteiger partial charge in [-0.3, -0.25) is 4.79 Å². The average molecular weight is 369 g/mol. The van der Waals surface area contributed by atoms with Crippen LogP contribution >= 0.6 is 0 Å². The van der Waals surface area contributed by atoms with Gasteiger partial charge in [-0.1, -0.05) is 13.8 Å². The Hall–Kier alpha value is -2.80. The second-order valence-corrected chi connectivity index (χ2v) is 7.12. The predicted octanol–water partition coefficient (Wildman–Crippen LogP) is 2.85. The van der Waals surface area contributed by atoms with Crippen LogP contribution < -0.4 is 5.32 Å². The first-order valence-corrected chi connectivity index (χ1v) is 8.92. The number of carbonyl (C=O) groups excluding carboxylic acids is 1. The first kappa shape index (κ1) is 19.0. The number of rotatable bonds is 6. The first-order chi connectivity index (χ1) is 12.9. The van der Waals surface area contributed by atoms with Gasteiger partial charge < -0.3 is 10.2 Å². The van der Waals surface area contributed by atoms with Crippen molar-refractivity contribution in [3.8, 4) is 11.3 Å². The normalized spacial score (nSPS) is 12.7. The molecule has 6 nitrogen and oxygen atoms in total. The monoisotopic (exact) mass is 369 g/mol. The number of aromatic nitrogens is 3. The highest BCUT2D eigenvalue weighted by Gasteiger charge is 2.19. The minimum Gasteiger partial charge on any atom is -0.349 e. The van der Waals surface area contributed by atoms with Gasteiger partial charge in [0.2, 0.25) is 0 Å². The van der Waals surface area contributed by atoms with E-state index in [9.17, 15) is 9.18 Å². The lowest BCUT2D eigenvalue weighted by molar-refractivity contribution is 0.0929. The fourth-order valence-electron chi connectivity index (χ4n) is 3.15. The van der Waals surface area contributed by atoms with Gasteiger partial charge in [-0.15, -0.1) is 0 Å². The summed E-state index contributed by atoms with van der Waals surface area (Å²) in [4.78, 5) is 19.0. The van der Waals surface area contributed by atoms with Crippen molar-refractivity contribution in [3.05, 3.63) is 54.1 Å². The Morgan fingerprint density at radius 3 is 2.56 bits per heavy atom. The maximum absolute atomic E-state index is 13.2. The van der Waals surface area contributed by atoms with Crippen LogP contribution in [-0.2, 0) is 0 Å². The second-order valence-electron chi connectivity index (χ2n) is 7.12. The molecule has 0 radical (unpaired) electrons. The van der Waals surface area contributed by atoms with Crippen LogP contribution in [0.5, 0.6) is 0 Å². The molecular formula is C20H24FN5O. The third kappa shape index (κ3) is 4.14. The molecule has 3 aromatic rings. The number of fused-ring (bicyclic) bond motifs is 1. The van der Waals surface area contributed by atoms with Gasteiger partial charge in [-0.05, 0) is 50.3 Å². The van der Waals surface area contributed by atoms with Crippen molar-refractivity contribution in [2.45, 2.75) is 19.9 Å². The first-order valence-electron chi connectivity index (χ1n) is 8.92. The number of amides is 1. The van der Waals surface area contributed by atoms with Crippen LogP contribution in [0.2, 0.25) is 0 Å². The predicted molar refractivity (Wildman–Crippen MR) is 103 cm³/mol. The number of hydrogen-bond acceptors (Lipinski definition) is 4. The van der Waals surface area contributed by atoms with E-state index >= 15 is 0 Å². The van der Waals surface area contributed by atoms with Gasteiger partial charge in [0.25, 0.3) is 5.91 Å². The summed E-state index contributed by atoms with van der Waals surface area (Å²) in [6, 6.07) is 9.82. The van der Waals surface area contributed by atoms with Gasteiger partial charge in [0.05, 0.1) is 5.69 Å². The van der Waals surface area contributed by atoms with Gasteiger partial charge in [-0.25, -0.2) is 13.9 Å². The molecule has 27 heavy (non-hydrogen) atoms. The molecule has 1 atom stereocenters. The van der Waals surface area contributed by atoms with E-state index in [0.29, 0.717) is 23.8 Å². The Morgan fingerprint density at radius 1 is 1.22 bits per heavy atom. The quantitative estimate of drug-likeness (QED) is 0.726. The topological polar surface area (TPSA) is 62.5 Å². The Kier molecular flexibility index (Phi) is 5.51. The minimum atomic E-state index is -0.301. The molecule has 0 fully saturated rings. The van der Waals surface area contributed by atoms with E-state index < -0.39 is 0 Å². The summed E-state index contributed by atoms with van der Waals surface area (Å²) in [5, 5.41) is 7.37. The molecule has 0 aliphatic heterocycles. The fraction of sp³-hybridized carbons (Fsp3) is 0.350. The van der Waals surface area contributed by atoms with Gasteiger partial charge in [0.15, 0.2) is 11.3 Å². The van der Waals surface area contributed by atoms with Gasteiger partial charge in [0.1, 0.15) is 5.82 Å².